The van der Waals surface area contributed by atoms with Crippen molar-refractivity contribution >= 4 is 6.29 Å². The third-order valence-electron chi connectivity index (χ3n) is 3.83. The van der Waals surface area contributed by atoms with Gasteiger partial charge in [0.25, 0.3) is 0 Å². The minimum Gasteiger partial charge on any atom is -0.381 e. The van der Waals surface area contributed by atoms with Crippen molar-refractivity contribution in [2.24, 2.45) is 5.41 Å². The zero-order valence-electron chi connectivity index (χ0n) is 10.3. The number of carbonyl (C=O) groups is 1. The van der Waals surface area contributed by atoms with Crippen LogP contribution in [0.15, 0.2) is 0 Å². The van der Waals surface area contributed by atoms with E-state index in [9.17, 15) is 4.79 Å². The van der Waals surface area contributed by atoms with E-state index in [0.717, 1.165) is 45.2 Å². The maximum Gasteiger partial charge on any atom is 0.127 e. The fourth-order valence-corrected chi connectivity index (χ4v) is 2.61. The van der Waals surface area contributed by atoms with Crippen LogP contribution in [0.1, 0.15) is 39.0 Å². The van der Waals surface area contributed by atoms with Gasteiger partial charge in [0.1, 0.15) is 6.29 Å². The van der Waals surface area contributed by atoms with Crippen molar-refractivity contribution < 1.29 is 9.53 Å². The number of nitrogens with zero attached hydrogens (tertiary/aromatic N) is 1. The predicted octanol–water partition coefficient (Wildman–Crippen LogP) is 1.86. The molecule has 16 heavy (non-hydrogen) atoms. The van der Waals surface area contributed by atoms with E-state index in [1.807, 2.05) is 0 Å². The standard InChI is InChI=1S/C13H23NO2/c1-2-7-14(12-3-4-12)10-13(11-15)5-8-16-9-6-13/h11-12H,2-10H2,1H3. The summed E-state index contributed by atoms with van der Waals surface area (Å²) in [6.45, 7) is 5.82. The van der Waals surface area contributed by atoms with Crippen molar-refractivity contribution in [2.75, 3.05) is 26.3 Å². The third-order valence-corrected chi connectivity index (χ3v) is 3.83. The highest BCUT2D eigenvalue weighted by Gasteiger charge is 2.38. The summed E-state index contributed by atoms with van der Waals surface area (Å²) in [6.07, 6.45) is 6.84. The zero-order chi connectivity index (χ0) is 11.4. The topological polar surface area (TPSA) is 29.5 Å². The molecule has 1 aliphatic carbocycles. The summed E-state index contributed by atoms with van der Waals surface area (Å²) >= 11 is 0. The average Bonchev–Trinajstić information content (AvgIpc) is 3.14. The first-order chi connectivity index (χ1) is 7.79. The first-order valence-electron chi connectivity index (χ1n) is 6.58. The lowest BCUT2D eigenvalue weighted by atomic mass is 9.81. The fourth-order valence-electron chi connectivity index (χ4n) is 2.61. The molecule has 1 saturated carbocycles. The second kappa shape index (κ2) is 5.28. The number of hydrogen-bond donors (Lipinski definition) is 0. The van der Waals surface area contributed by atoms with Gasteiger partial charge < -0.3 is 9.53 Å². The van der Waals surface area contributed by atoms with Crippen LogP contribution >= 0.6 is 0 Å². The monoisotopic (exact) mass is 225 g/mol. The Labute approximate surface area is 98.1 Å². The maximum atomic E-state index is 11.4. The zero-order valence-corrected chi connectivity index (χ0v) is 10.3. The molecule has 92 valence electrons. The number of carbonyl (C=O) groups excluding carboxylic acids is 1. The smallest absolute Gasteiger partial charge is 0.127 e. The summed E-state index contributed by atoms with van der Waals surface area (Å²) in [5, 5.41) is 0. The molecule has 1 heterocycles. The normalized spacial score (nSPS) is 24.6. The molecule has 0 N–H and O–H groups in total. The lowest BCUT2D eigenvalue weighted by Crippen LogP contribution is -2.43. The molecule has 1 aliphatic heterocycles. The molecule has 0 bridgehead atoms. The molecule has 0 unspecified atom stereocenters. The summed E-state index contributed by atoms with van der Waals surface area (Å²) in [5.41, 5.74) is -0.115. The largest absolute Gasteiger partial charge is 0.381 e. The lowest BCUT2D eigenvalue weighted by Gasteiger charge is -2.37. The van der Waals surface area contributed by atoms with Crippen molar-refractivity contribution in [3.05, 3.63) is 0 Å². The van der Waals surface area contributed by atoms with E-state index in [4.69, 9.17) is 4.74 Å². The van der Waals surface area contributed by atoms with Crippen LogP contribution in [0, 0.1) is 5.41 Å². The molecular weight excluding hydrogens is 202 g/mol. The SMILES string of the molecule is CCCN(CC1(C=O)CCOCC1)C1CC1. The Kier molecular flexibility index (Phi) is 3.98. The van der Waals surface area contributed by atoms with Crippen molar-refractivity contribution in [3.63, 3.8) is 0 Å². The van der Waals surface area contributed by atoms with Crippen LogP contribution in [0.5, 0.6) is 0 Å². The predicted molar refractivity (Wildman–Crippen MR) is 63.4 cm³/mol. The summed E-state index contributed by atoms with van der Waals surface area (Å²) in [6, 6.07) is 0.764. The molecule has 0 aromatic heterocycles. The minimum atomic E-state index is -0.115. The Hall–Kier alpha value is -0.410. The van der Waals surface area contributed by atoms with Gasteiger partial charge >= 0.3 is 0 Å². The van der Waals surface area contributed by atoms with Crippen LogP contribution in [0.25, 0.3) is 0 Å². The average molecular weight is 225 g/mol. The molecule has 1 saturated heterocycles. The van der Waals surface area contributed by atoms with Crippen LogP contribution in [0.2, 0.25) is 0 Å². The van der Waals surface area contributed by atoms with E-state index in [1.165, 1.54) is 25.5 Å². The van der Waals surface area contributed by atoms with Crippen LogP contribution in [-0.4, -0.2) is 43.5 Å². The summed E-state index contributed by atoms with van der Waals surface area (Å²) in [4.78, 5) is 13.9. The third kappa shape index (κ3) is 2.83. The van der Waals surface area contributed by atoms with Crippen molar-refractivity contribution in [1.82, 2.24) is 4.90 Å². The highest BCUT2D eigenvalue weighted by Crippen LogP contribution is 2.34. The van der Waals surface area contributed by atoms with Gasteiger partial charge in [0.2, 0.25) is 0 Å². The van der Waals surface area contributed by atoms with Gasteiger partial charge in [0.15, 0.2) is 0 Å². The van der Waals surface area contributed by atoms with E-state index in [0.29, 0.717) is 0 Å². The summed E-state index contributed by atoms with van der Waals surface area (Å²) in [7, 11) is 0. The molecule has 2 aliphatic rings. The highest BCUT2D eigenvalue weighted by molar-refractivity contribution is 5.60. The van der Waals surface area contributed by atoms with Gasteiger partial charge in [-0.15, -0.1) is 0 Å². The van der Waals surface area contributed by atoms with Gasteiger partial charge in [0.05, 0.1) is 0 Å². The van der Waals surface area contributed by atoms with E-state index in [2.05, 4.69) is 11.8 Å². The first-order valence-corrected chi connectivity index (χ1v) is 6.58. The Morgan fingerprint density at radius 3 is 2.56 bits per heavy atom. The maximum absolute atomic E-state index is 11.4. The van der Waals surface area contributed by atoms with Gasteiger partial charge in [-0.2, -0.15) is 0 Å². The van der Waals surface area contributed by atoms with Gasteiger partial charge in [-0.3, -0.25) is 4.90 Å². The number of hydrogen-bond acceptors (Lipinski definition) is 3. The molecule has 0 aromatic carbocycles. The van der Waals surface area contributed by atoms with E-state index in [-0.39, 0.29) is 5.41 Å². The quantitative estimate of drug-likeness (QED) is 0.646. The van der Waals surface area contributed by atoms with Crippen molar-refractivity contribution in [1.29, 1.82) is 0 Å². The second-order valence-corrected chi connectivity index (χ2v) is 5.29. The number of rotatable bonds is 6. The molecule has 0 radical (unpaired) electrons. The number of aldehydes is 1. The fraction of sp³-hybridized carbons (Fsp3) is 0.923. The van der Waals surface area contributed by atoms with Crippen molar-refractivity contribution in [2.45, 2.75) is 45.1 Å². The Balaban J connectivity index is 1.94. The molecule has 2 rings (SSSR count). The Morgan fingerprint density at radius 1 is 1.38 bits per heavy atom. The molecule has 3 nitrogen and oxygen atoms in total. The molecule has 2 fully saturated rings. The van der Waals surface area contributed by atoms with Crippen LogP contribution < -0.4 is 0 Å². The first kappa shape index (κ1) is 12.1. The summed E-state index contributed by atoms with van der Waals surface area (Å²) in [5.74, 6) is 0. The molecular formula is C13H23NO2. The van der Waals surface area contributed by atoms with E-state index in [1.54, 1.807) is 0 Å². The van der Waals surface area contributed by atoms with E-state index < -0.39 is 0 Å². The second-order valence-electron chi connectivity index (χ2n) is 5.29. The Bertz CT molecular complexity index is 232. The van der Waals surface area contributed by atoms with E-state index >= 15 is 0 Å². The minimum absolute atomic E-state index is 0.115. The van der Waals surface area contributed by atoms with Crippen LogP contribution in [0.4, 0.5) is 0 Å². The highest BCUT2D eigenvalue weighted by atomic mass is 16.5. The van der Waals surface area contributed by atoms with Crippen LogP contribution in [-0.2, 0) is 9.53 Å². The van der Waals surface area contributed by atoms with Crippen LogP contribution in [0.3, 0.4) is 0 Å². The van der Waals surface area contributed by atoms with Gasteiger partial charge in [0, 0.05) is 31.2 Å². The molecule has 0 aromatic rings. The molecule has 0 spiro atoms. The van der Waals surface area contributed by atoms with Gasteiger partial charge in [-0.25, -0.2) is 0 Å². The Morgan fingerprint density at radius 2 is 2.06 bits per heavy atom. The number of ether oxygens (including phenoxy) is 1. The van der Waals surface area contributed by atoms with Crippen molar-refractivity contribution in [3.8, 4) is 0 Å². The molecule has 0 amide bonds. The molecule has 0 atom stereocenters. The van der Waals surface area contributed by atoms with Gasteiger partial charge in [-0.1, -0.05) is 6.92 Å². The lowest BCUT2D eigenvalue weighted by molar-refractivity contribution is -0.123. The summed E-state index contributed by atoms with van der Waals surface area (Å²) < 4.78 is 5.37. The van der Waals surface area contributed by atoms with Gasteiger partial charge in [-0.05, 0) is 38.6 Å². The molecule has 3 heteroatoms.